The second-order valence-electron chi connectivity index (χ2n) is 8.48. The van der Waals surface area contributed by atoms with Crippen molar-refractivity contribution >= 4 is 17.4 Å². The Morgan fingerprint density at radius 1 is 0.964 bits per heavy atom. The summed E-state index contributed by atoms with van der Waals surface area (Å²) in [4.78, 5) is 19.2. The van der Waals surface area contributed by atoms with Crippen LogP contribution < -0.4 is 15.1 Å². The number of ether oxygens (including phenoxy) is 1. The maximum Gasteiger partial charge on any atom is 0.317 e. The summed E-state index contributed by atoms with van der Waals surface area (Å²) in [6.07, 6.45) is 4.94. The molecule has 6 heteroatoms. The molecule has 0 aliphatic carbocycles. The number of nitrogens with zero attached hydrogens (tertiary/aromatic N) is 3. The fourth-order valence-corrected chi connectivity index (χ4v) is 4.43. The van der Waals surface area contributed by atoms with Crippen LogP contribution >= 0.6 is 0 Å². The van der Waals surface area contributed by atoms with Crippen molar-refractivity contribution in [2.45, 2.75) is 38.7 Å². The topological polar surface area (TPSA) is 48.0 Å². The van der Waals surface area contributed by atoms with Crippen LogP contribution in [0.25, 0.3) is 0 Å². The van der Waals surface area contributed by atoms with Crippen LogP contribution in [0.1, 0.15) is 32.6 Å². The Hall–Kier alpha value is -1.95. The molecule has 1 aromatic carbocycles. The summed E-state index contributed by atoms with van der Waals surface area (Å²) < 4.78 is 5.58. The number of hydrogen-bond acceptors (Lipinski definition) is 4. The lowest BCUT2D eigenvalue weighted by atomic mass is 9.99. The lowest BCUT2D eigenvalue weighted by Crippen LogP contribution is -2.52. The molecule has 0 spiro atoms. The third-order valence-electron chi connectivity index (χ3n) is 6.44. The van der Waals surface area contributed by atoms with Crippen LogP contribution in [0.2, 0.25) is 0 Å². The van der Waals surface area contributed by atoms with Crippen molar-refractivity contribution in [2.75, 3.05) is 62.2 Å². The lowest BCUT2D eigenvalue weighted by molar-refractivity contribution is 0.108. The fraction of sp³-hybridized carbons (Fsp3) is 0.682. The SMILES string of the molecule is CC1CCN(c2ccc(N3CCN(C(=O)NCC4CCCO4)CC3)cc2)CC1. The minimum atomic E-state index is 0.0461. The summed E-state index contributed by atoms with van der Waals surface area (Å²) >= 11 is 0. The van der Waals surface area contributed by atoms with Crippen LogP contribution in [0.15, 0.2) is 24.3 Å². The minimum Gasteiger partial charge on any atom is -0.376 e. The van der Waals surface area contributed by atoms with Crippen molar-refractivity contribution in [3.05, 3.63) is 24.3 Å². The molecule has 1 unspecified atom stereocenters. The molecule has 4 rings (SSSR count). The molecule has 3 saturated heterocycles. The van der Waals surface area contributed by atoms with E-state index >= 15 is 0 Å². The summed E-state index contributed by atoms with van der Waals surface area (Å²) in [7, 11) is 0. The van der Waals surface area contributed by atoms with Crippen molar-refractivity contribution in [1.82, 2.24) is 10.2 Å². The Labute approximate surface area is 168 Å². The van der Waals surface area contributed by atoms with E-state index in [-0.39, 0.29) is 12.1 Å². The number of hydrogen-bond donors (Lipinski definition) is 1. The molecule has 3 heterocycles. The summed E-state index contributed by atoms with van der Waals surface area (Å²) in [6.45, 7) is 9.45. The quantitative estimate of drug-likeness (QED) is 0.864. The number of piperazine rings is 1. The molecule has 3 aliphatic heterocycles. The minimum absolute atomic E-state index is 0.0461. The van der Waals surface area contributed by atoms with E-state index in [9.17, 15) is 4.79 Å². The van der Waals surface area contributed by atoms with Crippen LogP contribution in [0.3, 0.4) is 0 Å². The molecule has 0 bridgehead atoms. The number of benzene rings is 1. The van der Waals surface area contributed by atoms with Gasteiger partial charge in [0.2, 0.25) is 0 Å². The zero-order valence-corrected chi connectivity index (χ0v) is 17.1. The highest BCUT2D eigenvalue weighted by molar-refractivity contribution is 5.74. The zero-order chi connectivity index (χ0) is 19.3. The average Bonchev–Trinajstić information content (AvgIpc) is 3.27. The van der Waals surface area contributed by atoms with Crippen LogP contribution in [0.5, 0.6) is 0 Å². The maximum absolute atomic E-state index is 12.4. The highest BCUT2D eigenvalue weighted by Crippen LogP contribution is 2.26. The Balaban J connectivity index is 1.23. The van der Waals surface area contributed by atoms with Crippen molar-refractivity contribution in [3.63, 3.8) is 0 Å². The van der Waals surface area contributed by atoms with Crippen LogP contribution in [0.4, 0.5) is 16.2 Å². The van der Waals surface area contributed by atoms with Crippen molar-refractivity contribution in [1.29, 1.82) is 0 Å². The number of anilines is 2. The van der Waals surface area contributed by atoms with Gasteiger partial charge in [-0.1, -0.05) is 6.92 Å². The molecule has 6 nitrogen and oxygen atoms in total. The van der Waals surface area contributed by atoms with Gasteiger partial charge in [-0.3, -0.25) is 0 Å². The van der Waals surface area contributed by atoms with Crippen molar-refractivity contribution in [3.8, 4) is 0 Å². The Morgan fingerprint density at radius 3 is 2.14 bits per heavy atom. The average molecular weight is 387 g/mol. The van der Waals surface area contributed by atoms with E-state index in [2.05, 4.69) is 46.3 Å². The normalized spacial score (nSPS) is 23.9. The van der Waals surface area contributed by atoms with Gasteiger partial charge in [0.05, 0.1) is 6.10 Å². The van der Waals surface area contributed by atoms with Gasteiger partial charge in [0.1, 0.15) is 0 Å². The monoisotopic (exact) mass is 386 g/mol. The largest absolute Gasteiger partial charge is 0.376 e. The van der Waals surface area contributed by atoms with Crippen LogP contribution in [-0.4, -0.2) is 69.5 Å². The number of urea groups is 1. The number of nitrogens with one attached hydrogen (secondary N) is 1. The molecule has 0 aromatic heterocycles. The van der Waals surface area contributed by atoms with E-state index in [0.29, 0.717) is 6.54 Å². The third-order valence-corrected chi connectivity index (χ3v) is 6.44. The van der Waals surface area contributed by atoms with Gasteiger partial charge in [0, 0.05) is 63.8 Å². The zero-order valence-electron chi connectivity index (χ0n) is 17.1. The first-order valence-electron chi connectivity index (χ1n) is 10.9. The summed E-state index contributed by atoms with van der Waals surface area (Å²) in [5.41, 5.74) is 2.59. The number of amides is 2. The van der Waals surface area contributed by atoms with E-state index < -0.39 is 0 Å². The van der Waals surface area contributed by atoms with E-state index in [0.717, 1.165) is 51.5 Å². The second-order valence-corrected chi connectivity index (χ2v) is 8.48. The van der Waals surface area contributed by atoms with Gasteiger partial charge in [-0.2, -0.15) is 0 Å². The van der Waals surface area contributed by atoms with Gasteiger partial charge in [0.15, 0.2) is 0 Å². The van der Waals surface area contributed by atoms with Crippen molar-refractivity contribution in [2.24, 2.45) is 5.92 Å². The van der Waals surface area contributed by atoms with Gasteiger partial charge in [-0.05, 0) is 55.9 Å². The smallest absolute Gasteiger partial charge is 0.317 e. The lowest BCUT2D eigenvalue weighted by Gasteiger charge is -2.36. The molecule has 1 N–H and O–H groups in total. The van der Waals surface area contributed by atoms with Crippen LogP contribution in [0, 0.1) is 5.92 Å². The fourth-order valence-electron chi connectivity index (χ4n) is 4.43. The van der Waals surface area contributed by atoms with Gasteiger partial charge in [-0.15, -0.1) is 0 Å². The number of rotatable bonds is 4. The van der Waals surface area contributed by atoms with Crippen molar-refractivity contribution < 1.29 is 9.53 Å². The van der Waals surface area contributed by atoms with E-state index in [1.54, 1.807) is 0 Å². The first kappa shape index (κ1) is 19.4. The highest BCUT2D eigenvalue weighted by atomic mass is 16.5. The predicted molar refractivity (Wildman–Crippen MR) is 113 cm³/mol. The Morgan fingerprint density at radius 2 is 1.57 bits per heavy atom. The molecule has 0 saturated carbocycles. The molecule has 154 valence electrons. The molecule has 2 amide bonds. The molecular weight excluding hydrogens is 352 g/mol. The molecule has 1 atom stereocenters. The maximum atomic E-state index is 12.4. The molecule has 3 aliphatic rings. The van der Waals surface area contributed by atoms with Gasteiger partial charge in [0.25, 0.3) is 0 Å². The molecular formula is C22H34N4O2. The molecule has 28 heavy (non-hydrogen) atoms. The molecule has 1 aromatic rings. The van der Waals surface area contributed by atoms with Crippen LogP contribution in [-0.2, 0) is 4.74 Å². The highest BCUT2D eigenvalue weighted by Gasteiger charge is 2.23. The summed E-state index contributed by atoms with van der Waals surface area (Å²) in [5.74, 6) is 0.856. The number of carbonyl (C=O) groups excluding carboxylic acids is 1. The first-order chi connectivity index (χ1) is 13.7. The molecule has 3 fully saturated rings. The summed E-state index contributed by atoms with van der Waals surface area (Å²) in [5, 5.41) is 3.03. The van der Waals surface area contributed by atoms with E-state index in [4.69, 9.17) is 4.74 Å². The third kappa shape index (κ3) is 4.72. The van der Waals surface area contributed by atoms with Gasteiger partial charge in [-0.25, -0.2) is 4.79 Å². The predicted octanol–water partition coefficient (Wildman–Crippen LogP) is 2.93. The number of carbonyl (C=O) groups is 1. The Kier molecular flexibility index (Phi) is 6.25. The summed E-state index contributed by atoms with van der Waals surface area (Å²) in [6, 6.07) is 9.03. The second kappa shape index (κ2) is 9.03. The van der Waals surface area contributed by atoms with Gasteiger partial charge < -0.3 is 24.8 Å². The van der Waals surface area contributed by atoms with E-state index in [1.165, 1.54) is 37.3 Å². The molecule has 0 radical (unpaired) electrons. The van der Waals surface area contributed by atoms with Gasteiger partial charge >= 0.3 is 6.03 Å². The number of piperidine rings is 1. The van der Waals surface area contributed by atoms with E-state index in [1.807, 2.05) is 4.90 Å². The first-order valence-corrected chi connectivity index (χ1v) is 10.9. The standard InChI is InChI=1S/C22H34N4O2/c1-18-8-10-24(11-9-18)19-4-6-20(7-5-19)25-12-14-26(15-13-25)22(27)23-17-21-3-2-16-28-21/h4-7,18,21H,2-3,8-17H2,1H3,(H,23,27). The Bertz CT molecular complexity index is 628.